The van der Waals surface area contributed by atoms with Crippen molar-refractivity contribution in [3.8, 4) is 0 Å². The van der Waals surface area contributed by atoms with Gasteiger partial charge >= 0.3 is 0 Å². The van der Waals surface area contributed by atoms with Gasteiger partial charge in [-0.25, -0.2) is 0 Å². The lowest BCUT2D eigenvalue weighted by atomic mass is 10.4. The van der Waals surface area contributed by atoms with Gasteiger partial charge in [0.1, 0.15) is 0 Å². The van der Waals surface area contributed by atoms with Crippen LogP contribution in [0.4, 0.5) is 10.3 Å². The lowest BCUT2D eigenvalue weighted by Gasteiger charge is -1.98. The van der Waals surface area contributed by atoms with Gasteiger partial charge in [-0.2, -0.15) is 0 Å². The predicted molar refractivity (Wildman–Crippen MR) is 102 cm³/mol. The molecule has 2 amide bonds. The highest BCUT2D eigenvalue weighted by atomic mass is 32.2. The van der Waals surface area contributed by atoms with Crippen molar-refractivity contribution in [3.05, 3.63) is 24.2 Å². The zero-order valence-electron chi connectivity index (χ0n) is 13.3. The van der Waals surface area contributed by atoms with Crippen LogP contribution in [-0.2, 0) is 4.79 Å². The van der Waals surface area contributed by atoms with Crippen molar-refractivity contribution in [3.63, 3.8) is 0 Å². The van der Waals surface area contributed by atoms with E-state index in [1.807, 2.05) is 6.92 Å². The summed E-state index contributed by atoms with van der Waals surface area (Å²) in [4.78, 5) is 23.8. The number of anilines is 2. The maximum Gasteiger partial charge on any atom is 0.293 e. The van der Waals surface area contributed by atoms with Crippen LogP contribution in [0.1, 0.15) is 17.5 Å². The average Bonchev–Trinajstić information content (AvgIpc) is 3.35. The number of carbonyl (C=O) groups is 2. The zero-order valence-corrected chi connectivity index (χ0v) is 16.6. The first-order chi connectivity index (χ1) is 12.6. The van der Waals surface area contributed by atoms with Gasteiger partial charge in [0.15, 0.2) is 14.4 Å². The molecule has 0 saturated carbocycles. The Balaban J connectivity index is 1.46. The van der Waals surface area contributed by atoms with Gasteiger partial charge in [0.05, 0.1) is 12.0 Å². The molecule has 3 heterocycles. The summed E-state index contributed by atoms with van der Waals surface area (Å²) in [5.41, 5.74) is 0. The highest BCUT2D eigenvalue weighted by Crippen LogP contribution is 2.27. The molecular formula is C13H12N6O3S4. The molecule has 3 rings (SSSR count). The van der Waals surface area contributed by atoms with Crippen molar-refractivity contribution in [1.82, 2.24) is 20.4 Å². The second-order valence-corrected chi connectivity index (χ2v) is 9.14. The van der Waals surface area contributed by atoms with Crippen molar-refractivity contribution in [2.75, 3.05) is 22.1 Å². The Kier molecular flexibility index (Phi) is 6.60. The molecule has 0 spiro atoms. The van der Waals surface area contributed by atoms with E-state index in [0.717, 1.165) is 10.1 Å². The SMILES string of the molecule is CCSc1nnc(NC(=O)CSc2nnc(NC(=O)c3ccco3)s2)s1. The molecule has 26 heavy (non-hydrogen) atoms. The van der Waals surface area contributed by atoms with Crippen LogP contribution < -0.4 is 10.6 Å². The van der Waals surface area contributed by atoms with E-state index in [-0.39, 0.29) is 17.4 Å². The summed E-state index contributed by atoms with van der Waals surface area (Å²) < 4.78 is 6.38. The molecule has 13 heteroatoms. The molecule has 136 valence electrons. The summed E-state index contributed by atoms with van der Waals surface area (Å²) >= 11 is 5.30. The zero-order chi connectivity index (χ0) is 18.4. The highest BCUT2D eigenvalue weighted by Gasteiger charge is 2.14. The van der Waals surface area contributed by atoms with Gasteiger partial charge in [-0.15, -0.1) is 20.4 Å². The number of thioether (sulfide) groups is 2. The van der Waals surface area contributed by atoms with Gasteiger partial charge in [-0.1, -0.05) is 53.1 Å². The third-order valence-corrected chi connectivity index (χ3v) is 6.45. The topological polar surface area (TPSA) is 123 Å². The summed E-state index contributed by atoms with van der Waals surface area (Å²) in [7, 11) is 0. The largest absolute Gasteiger partial charge is 0.459 e. The van der Waals surface area contributed by atoms with Crippen LogP contribution >= 0.6 is 46.2 Å². The predicted octanol–water partition coefficient (Wildman–Crippen LogP) is 3.08. The number of rotatable bonds is 8. The summed E-state index contributed by atoms with van der Waals surface area (Å²) in [6.07, 6.45) is 1.41. The average molecular weight is 429 g/mol. The molecule has 0 unspecified atom stereocenters. The minimum atomic E-state index is -0.405. The lowest BCUT2D eigenvalue weighted by Crippen LogP contribution is -2.13. The number of hydrogen-bond acceptors (Lipinski definition) is 11. The molecule has 0 aromatic carbocycles. The van der Waals surface area contributed by atoms with Crippen LogP contribution in [0.3, 0.4) is 0 Å². The Morgan fingerprint density at radius 1 is 1.08 bits per heavy atom. The number of furan rings is 1. The fourth-order valence-electron chi connectivity index (χ4n) is 1.61. The summed E-state index contributed by atoms with van der Waals surface area (Å²) in [6.45, 7) is 2.02. The van der Waals surface area contributed by atoms with Crippen molar-refractivity contribution in [2.45, 2.75) is 15.6 Å². The fraction of sp³-hybridized carbons (Fsp3) is 0.231. The van der Waals surface area contributed by atoms with Gasteiger partial charge < -0.3 is 4.42 Å². The van der Waals surface area contributed by atoms with E-state index in [0.29, 0.717) is 14.6 Å². The number of nitrogens with zero attached hydrogens (tertiary/aromatic N) is 4. The van der Waals surface area contributed by atoms with Gasteiger partial charge in [0.2, 0.25) is 16.2 Å². The molecule has 0 aliphatic heterocycles. The number of hydrogen-bond donors (Lipinski definition) is 2. The Labute approximate surface area is 164 Å². The van der Waals surface area contributed by atoms with E-state index in [9.17, 15) is 9.59 Å². The molecule has 0 saturated heterocycles. The molecule has 0 bridgehead atoms. The molecule has 0 atom stereocenters. The van der Waals surface area contributed by atoms with E-state index in [1.165, 1.54) is 40.7 Å². The Morgan fingerprint density at radius 3 is 2.42 bits per heavy atom. The quantitative estimate of drug-likeness (QED) is 0.411. The molecule has 3 aromatic rings. The molecule has 0 radical (unpaired) electrons. The van der Waals surface area contributed by atoms with Crippen molar-refractivity contribution in [2.24, 2.45) is 0 Å². The smallest absolute Gasteiger partial charge is 0.293 e. The minimum absolute atomic E-state index is 0.149. The first kappa shape index (κ1) is 18.8. The standard InChI is InChI=1S/C13H12N6O3S4/c1-2-23-12-18-16-10(25-12)14-8(20)6-24-13-19-17-11(26-13)15-9(21)7-4-3-5-22-7/h3-5H,2,6H2,1H3,(H,14,16,20)(H,15,17,21). The van der Waals surface area contributed by atoms with Crippen molar-refractivity contribution >= 4 is 68.3 Å². The van der Waals surface area contributed by atoms with Gasteiger partial charge in [-0.3, -0.25) is 20.2 Å². The lowest BCUT2D eigenvalue weighted by molar-refractivity contribution is -0.113. The molecule has 9 nitrogen and oxygen atoms in total. The van der Waals surface area contributed by atoms with E-state index in [1.54, 1.807) is 23.9 Å². The van der Waals surface area contributed by atoms with Crippen LogP contribution in [0, 0.1) is 0 Å². The number of amides is 2. The Morgan fingerprint density at radius 2 is 1.77 bits per heavy atom. The fourth-order valence-corrected chi connectivity index (χ4v) is 4.82. The minimum Gasteiger partial charge on any atom is -0.459 e. The molecule has 0 aliphatic rings. The summed E-state index contributed by atoms with van der Waals surface area (Å²) in [5.74, 6) is 0.615. The number of aromatic nitrogens is 4. The third-order valence-electron chi connectivity index (χ3n) is 2.62. The van der Waals surface area contributed by atoms with Crippen LogP contribution in [0.5, 0.6) is 0 Å². The summed E-state index contributed by atoms with van der Waals surface area (Å²) in [5, 5.41) is 21.8. The Hall–Kier alpha value is -1.96. The van der Waals surface area contributed by atoms with Crippen LogP contribution in [0.2, 0.25) is 0 Å². The van der Waals surface area contributed by atoms with E-state index in [4.69, 9.17) is 4.42 Å². The van der Waals surface area contributed by atoms with Gasteiger partial charge in [-0.05, 0) is 17.9 Å². The molecule has 0 fully saturated rings. The van der Waals surface area contributed by atoms with Crippen molar-refractivity contribution in [1.29, 1.82) is 0 Å². The third kappa shape index (κ3) is 5.27. The molecule has 2 N–H and O–H groups in total. The second-order valence-electron chi connectivity index (χ2n) is 4.45. The first-order valence-corrected chi connectivity index (χ1v) is 10.8. The highest BCUT2D eigenvalue weighted by molar-refractivity contribution is 8.01. The monoisotopic (exact) mass is 428 g/mol. The van der Waals surface area contributed by atoms with Gasteiger partial charge in [0, 0.05) is 0 Å². The maximum atomic E-state index is 12.0. The number of nitrogens with one attached hydrogen (secondary N) is 2. The van der Waals surface area contributed by atoms with E-state index in [2.05, 4.69) is 31.0 Å². The van der Waals surface area contributed by atoms with Crippen LogP contribution in [-0.4, -0.2) is 43.7 Å². The second kappa shape index (κ2) is 9.12. The van der Waals surface area contributed by atoms with Crippen LogP contribution in [0.25, 0.3) is 0 Å². The first-order valence-electron chi connectivity index (χ1n) is 7.21. The molecular weight excluding hydrogens is 416 g/mol. The maximum absolute atomic E-state index is 12.0. The van der Waals surface area contributed by atoms with Crippen molar-refractivity contribution < 1.29 is 14.0 Å². The van der Waals surface area contributed by atoms with E-state index >= 15 is 0 Å². The molecule has 0 aliphatic carbocycles. The Bertz CT molecular complexity index is 878. The normalized spacial score (nSPS) is 10.7. The molecule has 3 aromatic heterocycles. The van der Waals surface area contributed by atoms with Crippen LogP contribution in [0.15, 0.2) is 31.5 Å². The van der Waals surface area contributed by atoms with E-state index < -0.39 is 5.91 Å². The van der Waals surface area contributed by atoms with Gasteiger partial charge in [0.25, 0.3) is 5.91 Å². The summed E-state index contributed by atoms with van der Waals surface area (Å²) in [6, 6.07) is 3.17. The number of carbonyl (C=O) groups excluding carboxylic acids is 2.